The topological polar surface area (TPSA) is 33.6 Å². The molecular weight excluding hydrogens is 349 g/mol. The van der Waals surface area contributed by atoms with Gasteiger partial charge >= 0.3 is 114 Å². The van der Waals surface area contributed by atoms with E-state index in [4.69, 9.17) is 4.74 Å². The van der Waals surface area contributed by atoms with Crippen LogP contribution in [0.1, 0.15) is 17.3 Å². The summed E-state index contributed by atoms with van der Waals surface area (Å²) in [7, 11) is 0. The van der Waals surface area contributed by atoms with E-state index in [1.54, 1.807) is 0 Å². The first-order valence-electron chi connectivity index (χ1n) is 5.60. The number of aliphatic hydroxyl groups is 1. The van der Waals surface area contributed by atoms with Crippen LogP contribution in [-0.4, -0.2) is 33.1 Å². The standard InChI is InChI=1S/C12H13BrNO2Se/c13-10-9-3-1-2-6-14(9)17-11(10)12(15)4-7-16-8-5-12/h1-3,6,15H,4-5,7-8H2/q+1. The quantitative estimate of drug-likeness (QED) is 0.775. The van der Waals surface area contributed by atoms with Crippen molar-refractivity contribution in [3.63, 3.8) is 0 Å². The molecule has 0 amide bonds. The van der Waals surface area contributed by atoms with Crippen molar-refractivity contribution in [2.75, 3.05) is 13.2 Å². The molecule has 1 aliphatic rings. The average Bonchev–Trinajstić information content (AvgIpc) is 2.69. The number of ether oxygens (including phenoxy) is 1. The van der Waals surface area contributed by atoms with Gasteiger partial charge in [-0.3, -0.25) is 0 Å². The second kappa shape index (κ2) is 4.48. The van der Waals surface area contributed by atoms with E-state index in [1.807, 2.05) is 12.1 Å². The van der Waals surface area contributed by atoms with Gasteiger partial charge in [-0.25, -0.2) is 0 Å². The molecule has 3 rings (SSSR count). The number of hydrogen-bond donors (Lipinski definition) is 1. The predicted octanol–water partition coefficient (Wildman–Crippen LogP) is 1.24. The molecule has 0 atom stereocenters. The van der Waals surface area contributed by atoms with E-state index in [1.165, 1.54) is 5.52 Å². The minimum atomic E-state index is -0.677. The van der Waals surface area contributed by atoms with Crippen LogP contribution < -0.4 is 3.40 Å². The summed E-state index contributed by atoms with van der Waals surface area (Å²) in [6, 6.07) is 6.14. The van der Waals surface area contributed by atoms with Gasteiger partial charge in [0.05, 0.1) is 0 Å². The van der Waals surface area contributed by atoms with Gasteiger partial charge in [-0.1, -0.05) is 0 Å². The molecule has 0 bridgehead atoms. The number of hydrogen-bond acceptors (Lipinski definition) is 2. The number of nitrogens with zero attached hydrogens (tertiary/aromatic N) is 1. The van der Waals surface area contributed by atoms with E-state index < -0.39 is 5.60 Å². The summed E-state index contributed by atoms with van der Waals surface area (Å²) in [4.78, 5) is 0. The fourth-order valence-electron chi connectivity index (χ4n) is 2.16. The Hall–Kier alpha value is -0.191. The van der Waals surface area contributed by atoms with Crippen LogP contribution in [0.15, 0.2) is 28.9 Å². The molecule has 1 fully saturated rings. The van der Waals surface area contributed by atoms with E-state index in [9.17, 15) is 5.11 Å². The summed E-state index contributed by atoms with van der Waals surface area (Å²) in [6.07, 6.45) is 3.48. The van der Waals surface area contributed by atoms with Gasteiger partial charge in [-0.2, -0.15) is 0 Å². The molecule has 90 valence electrons. The molecule has 1 saturated heterocycles. The molecule has 0 aliphatic carbocycles. The Balaban J connectivity index is 2.13. The van der Waals surface area contributed by atoms with Crippen molar-refractivity contribution in [2.24, 2.45) is 0 Å². The van der Waals surface area contributed by atoms with Gasteiger partial charge in [-0.05, 0) is 0 Å². The van der Waals surface area contributed by atoms with Crippen LogP contribution in [0, 0.1) is 0 Å². The second-order valence-electron chi connectivity index (χ2n) is 4.29. The normalized spacial score (nSPS) is 19.6. The first kappa shape index (κ1) is 11.9. The fourth-order valence-corrected chi connectivity index (χ4v) is 5.88. The fraction of sp³-hybridized carbons (Fsp3) is 0.417. The zero-order valence-corrected chi connectivity index (χ0v) is 12.5. The van der Waals surface area contributed by atoms with Crippen LogP contribution in [0.2, 0.25) is 0 Å². The van der Waals surface area contributed by atoms with Gasteiger partial charge in [0.25, 0.3) is 0 Å². The molecule has 5 heteroatoms. The zero-order valence-electron chi connectivity index (χ0n) is 9.23. The van der Waals surface area contributed by atoms with Gasteiger partial charge in [0.15, 0.2) is 0 Å². The van der Waals surface area contributed by atoms with Gasteiger partial charge in [0, 0.05) is 0 Å². The molecule has 2 aromatic heterocycles. The van der Waals surface area contributed by atoms with Gasteiger partial charge in [0.2, 0.25) is 0 Å². The van der Waals surface area contributed by atoms with Crippen molar-refractivity contribution < 1.29 is 13.2 Å². The van der Waals surface area contributed by atoms with Crippen LogP contribution in [0.4, 0.5) is 0 Å². The van der Waals surface area contributed by atoms with E-state index in [2.05, 4.69) is 31.6 Å². The predicted molar refractivity (Wildman–Crippen MR) is 68.2 cm³/mol. The summed E-state index contributed by atoms with van der Waals surface area (Å²) in [5.74, 6) is 0. The Morgan fingerprint density at radius 3 is 2.82 bits per heavy atom. The maximum atomic E-state index is 10.7. The molecule has 2 aromatic rings. The van der Waals surface area contributed by atoms with Crippen molar-refractivity contribution >= 4 is 36.2 Å². The van der Waals surface area contributed by atoms with E-state index in [0.717, 1.165) is 8.91 Å². The molecule has 0 radical (unpaired) electrons. The second-order valence-corrected chi connectivity index (χ2v) is 7.15. The first-order chi connectivity index (χ1) is 8.21. The summed E-state index contributed by atoms with van der Waals surface area (Å²) < 4.78 is 9.79. The van der Waals surface area contributed by atoms with Crippen molar-refractivity contribution in [3.05, 3.63) is 33.3 Å². The minimum absolute atomic E-state index is 0.154. The third kappa shape index (κ3) is 2.00. The molecule has 0 unspecified atom stereocenters. The van der Waals surface area contributed by atoms with Crippen LogP contribution in [-0.2, 0) is 10.3 Å². The summed E-state index contributed by atoms with van der Waals surface area (Å²) in [5.41, 5.74) is 0.491. The summed E-state index contributed by atoms with van der Waals surface area (Å²) >= 11 is 3.80. The molecule has 0 aromatic carbocycles. The Bertz CT molecular complexity index is 548. The Morgan fingerprint density at radius 1 is 1.35 bits per heavy atom. The first-order valence-corrected chi connectivity index (χ1v) is 8.02. The Kier molecular flexibility index (Phi) is 3.13. The van der Waals surface area contributed by atoms with E-state index in [-0.39, 0.29) is 14.7 Å². The third-order valence-electron chi connectivity index (χ3n) is 3.18. The summed E-state index contributed by atoms with van der Waals surface area (Å²) in [6.45, 7) is 1.30. The van der Waals surface area contributed by atoms with Gasteiger partial charge < -0.3 is 0 Å². The van der Waals surface area contributed by atoms with Crippen molar-refractivity contribution in [3.8, 4) is 0 Å². The van der Waals surface area contributed by atoms with Gasteiger partial charge in [0.1, 0.15) is 0 Å². The molecule has 1 aliphatic heterocycles. The Morgan fingerprint density at radius 2 is 2.12 bits per heavy atom. The number of aromatic nitrogens is 1. The number of rotatable bonds is 1. The van der Waals surface area contributed by atoms with Crippen molar-refractivity contribution in [1.29, 1.82) is 0 Å². The molecule has 0 saturated carbocycles. The third-order valence-corrected chi connectivity index (χ3v) is 7.26. The van der Waals surface area contributed by atoms with Crippen LogP contribution >= 0.6 is 15.9 Å². The van der Waals surface area contributed by atoms with Crippen LogP contribution in [0.3, 0.4) is 0 Å². The maximum absolute atomic E-state index is 10.7. The van der Waals surface area contributed by atoms with Crippen LogP contribution in [0.25, 0.3) is 5.52 Å². The summed E-state index contributed by atoms with van der Waals surface area (Å²) in [5, 5.41) is 10.7. The number of fused-ring (bicyclic) bond motifs is 1. The van der Waals surface area contributed by atoms with E-state index in [0.29, 0.717) is 26.1 Å². The molecule has 3 nitrogen and oxygen atoms in total. The zero-order chi connectivity index (χ0) is 11.9. The molecule has 3 heterocycles. The van der Waals surface area contributed by atoms with Gasteiger partial charge in [-0.15, -0.1) is 0 Å². The molecule has 1 N–H and O–H groups in total. The van der Waals surface area contributed by atoms with Crippen molar-refractivity contribution in [1.82, 2.24) is 0 Å². The van der Waals surface area contributed by atoms with Crippen LogP contribution in [0.5, 0.6) is 0 Å². The molecular formula is C12H13BrNO2Se+. The number of halogens is 1. The molecule has 17 heavy (non-hydrogen) atoms. The average molecular weight is 362 g/mol. The Labute approximate surface area is 114 Å². The van der Waals surface area contributed by atoms with Crippen molar-refractivity contribution in [2.45, 2.75) is 18.4 Å². The number of pyridine rings is 1. The van der Waals surface area contributed by atoms with E-state index >= 15 is 0 Å². The SMILES string of the molecule is OC1(c2[se][n+]3ccccc3c2Br)CCOCC1. The molecule has 0 spiro atoms. The monoisotopic (exact) mass is 362 g/mol.